The molecular weight excluding hydrogens is 556 g/mol. The molecule has 220 valence electrons. The zero-order valence-electron chi connectivity index (χ0n) is 23.8. The van der Waals surface area contributed by atoms with Gasteiger partial charge < -0.3 is 24.8 Å². The molecule has 0 spiro atoms. The fourth-order valence-electron chi connectivity index (χ4n) is 5.79. The molecule has 4 aliphatic heterocycles. The van der Waals surface area contributed by atoms with Crippen LogP contribution in [0.5, 0.6) is 23.0 Å². The van der Waals surface area contributed by atoms with E-state index in [1.54, 1.807) is 12.1 Å². The monoisotopic (exact) mass is 586 g/mol. The van der Waals surface area contributed by atoms with E-state index in [4.69, 9.17) is 9.47 Å². The molecule has 1 atom stereocenters. The molecule has 9 rings (SSSR count). The van der Waals surface area contributed by atoms with Crippen LogP contribution in [0.3, 0.4) is 0 Å². The van der Waals surface area contributed by atoms with E-state index >= 15 is 0 Å². The predicted octanol–water partition coefficient (Wildman–Crippen LogP) is 5.87. The average Bonchev–Trinajstić information content (AvgIpc) is 3.55. The van der Waals surface area contributed by atoms with Crippen molar-refractivity contribution in [3.8, 4) is 34.3 Å². The predicted molar refractivity (Wildman–Crippen MR) is 164 cm³/mol. The molecule has 3 N–H and O–H groups in total. The molecular formula is C35H30N4O5. The van der Waals surface area contributed by atoms with Gasteiger partial charge in [-0.15, -0.1) is 0 Å². The van der Waals surface area contributed by atoms with E-state index in [2.05, 4.69) is 15.5 Å². The fourth-order valence-corrected chi connectivity index (χ4v) is 5.79. The van der Waals surface area contributed by atoms with E-state index < -0.39 is 0 Å². The molecule has 8 bridgehead atoms. The van der Waals surface area contributed by atoms with Crippen molar-refractivity contribution < 1.29 is 24.2 Å². The second-order valence-corrected chi connectivity index (χ2v) is 10.9. The third kappa shape index (κ3) is 5.35. The number of phenols is 1. The molecule has 2 amide bonds. The van der Waals surface area contributed by atoms with E-state index in [0.29, 0.717) is 61.2 Å². The lowest BCUT2D eigenvalue weighted by Gasteiger charge is -2.37. The number of carbonyl (C=O) groups is 2. The van der Waals surface area contributed by atoms with Gasteiger partial charge >= 0.3 is 0 Å². The fraction of sp³-hybridized carbons (Fsp3) is 0.171. The van der Waals surface area contributed by atoms with Crippen molar-refractivity contribution in [3.63, 3.8) is 0 Å². The second-order valence-electron chi connectivity index (χ2n) is 10.9. The number of nitrogens with zero attached hydrogens (tertiary/aromatic N) is 2. The Hall–Kier alpha value is -5.57. The lowest BCUT2D eigenvalue weighted by Crippen LogP contribution is -2.40. The van der Waals surface area contributed by atoms with Crippen LogP contribution in [0.2, 0.25) is 0 Å². The Labute approximate surface area is 254 Å². The van der Waals surface area contributed by atoms with Crippen LogP contribution in [0.4, 0.5) is 0 Å². The minimum absolute atomic E-state index is 0.122. The van der Waals surface area contributed by atoms with Crippen LogP contribution in [0, 0.1) is 0 Å². The summed E-state index contributed by atoms with van der Waals surface area (Å²) >= 11 is 0. The standard InChI is InChI=1S/C35H30N4O5/c40-32-14-12-27-20-29(32)34(41)36-16-4-18-43-25-9-7-23(8-10-25)33-28-13-11-26(44-27)19-24(28)15-17-39(33)35(42)31-21-30(37-38-31)22-5-2-1-3-6-22/h1-3,5-14,19-21,33,40H,4,15-18H2,(H,36,41)(H,37,38). The minimum atomic E-state index is -0.388. The van der Waals surface area contributed by atoms with Crippen LogP contribution in [-0.2, 0) is 6.42 Å². The van der Waals surface area contributed by atoms with Gasteiger partial charge in [-0.2, -0.15) is 5.10 Å². The van der Waals surface area contributed by atoms with Gasteiger partial charge in [0, 0.05) is 18.7 Å². The number of nitrogens with one attached hydrogen (secondary N) is 2. The van der Waals surface area contributed by atoms with Gasteiger partial charge in [0.1, 0.15) is 28.7 Å². The van der Waals surface area contributed by atoms with Gasteiger partial charge in [-0.1, -0.05) is 48.5 Å². The SMILES string of the molecule is O=C1NCCCOc2ccc(cc2)C2c3ccc(cc3CCN2C(=O)c2cc(-c3ccccc3)n[nH]2)Oc2ccc(O)c1c2. The van der Waals surface area contributed by atoms with Crippen LogP contribution in [0.1, 0.15) is 50.0 Å². The molecule has 1 unspecified atom stereocenters. The Morgan fingerprint density at radius 3 is 2.52 bits per heavy atom. The van der Waals surface area contributed by atoms with Gasteiger partial charge in [-0.3, -0.25) is 14.7 Å². The lowest BCUT2D eigenvalue weighted by molar-refractivity contribution is 0.0688. The Balaban J connectivity index is 1.26. The summed E-state index contributed by atoms with van der Waals surface area (Å²) in [5.41, 5.74) is 5.22. The number of phenolic OH excluding ortho intramolecular Hbond substituents is 1. The zero-order valence-corrected chi connectivity index (χ0v) is 23.8. The van der Waals surface area contributed by atoms with Gasteiger partial charge in [-0.25, -0.2) is 0 Å². The summed E-state index contributed by atoms with van der Waals surface area (Å²) < 4.78 is 12.1. The third-order valence-corrected chi connectivity index (χ3v) is 8.00. The zero-order chi connectivity index (χ0) is 30.0. The first-order valence-corrected chi connectivity index (χ1v) is 14.6. The third-order valence-electron chi connectivity index (χ3n) is 8.00. The van der Waals surface area contributed by atoms with Gasteiger partial charge in [0.25, 0.3) is 11.8 Å². The van der Waals surface area contributed by atoms with Crippen LogP contribution in [0.15, 0.2) is 97.1 Å². The van der Waals surface area contributed by atoms with E-state index in [-0.39, 0.29) is 29.2 Å². The van der Waals surface area contributed by atoms with Gasteiger partial charge in [0.15, 0.2) is 0 Å². The molecule has 44 heavy (non-hydrogen) atoms. The number of hydrogen-bond acceptors (Lipinski definition) is 6. The maximum atomic E-state index is 14.0. The second kappa shape index (κ2) is 11.6. The molecule has 0 saturated heterocycles. The van der Waals surface area contributed by atoms with Crippen LogP contribution in [-0.4, -0.2) is 51.7 Å². The minimum Gasteiger partial charge on any atom is -0.507 e. The van der Waals surface area contributed by atoms with Gasteiger partial charge in [0.05, 0.1) is 23.9 Å². The van der Waals surface area contributed by atoms with Crippen LogP contribution < -0.4 is 14.8 Å². The van der Waals surface area contributed by atoms with Crippen molar-refractivity contribution >= 4 is 11.8 Å². The summed E-state index contributed by atoms with van der Waals surface area (Å²) in [6.07, 6.45) is 1.20. The number of aromatic hydroxyl groups is 1. The quantitative estimate of drug-likeness (QED) is 0.238. The number of ether oxygens (including phenoxy) is 2. The molecule has 0 fully saturated rings. The molecule has 9 heteroatoms. The number of aromatic nitrogens is 2. The van der Waals surface area contributed by atoms with E-state index in [1.807, 2.05) is 77.7 Å². The number of carbonyl (C=O) groups excluding carboxylic acids is 2. The van der Waals surface area contributed by atoms with Gasteiger partial charge in [-0.05, 0) is 78.1 Å². The first-order chi connectivity index (χ1) is 21.5. The number of amides is 2. The smallest absolute Gasteiger partial charge is 0.272 e. The molecule has 4 aromatic carbocycles. The normalized spacial score (nSPS) is 16.2. The largest absolute Gasteiger partial charge is 0.507 e. The van der Waals surface area contributed by atoms with E-state index in [0.717, 1.165) is 22.3 Å². The van der Waals surface area contributed by atoms with Crippen molar-refractivity contribution in [2.45, 2.75) is 18.9 Å². The van der Waals surface area contributed by atoms with Crippen LogP contribution in [0.25, 0.3) is 11.3 Å². The number of aromatic amines is 1. The summed E-state index contributed by atoms with van der Waals surface area (Å²) in [5.74, 6) is 1.08. The highest BCUT2D eigenvalue weighted by atomic mass is 16.5. The number of fused-ring (bicyclic) bond motifs is 1. The lowest BCUT2D eigenvalue weighted by atomic mass is 9.87. The number of benzene rings is 4. The summed E-state index contributed by atoms with van der Waals surface area (Å²) in [6, 6.07) is 29.5. The summed E-state index contributed by atoms with van der Waals surface area (Å²) in [4.78, 5) is 28.7. The highest BCUT2D eigenvalue weighted by Crippen LogP contribution is 2.39. The summed E-state index contributed by atoms with van der Waals surface area (Å²) in [5, 5.41) is 20.5. The molecule has 0 radical (unpaired) electrons. The van der Waals surface area contributed by atoms with Gasteiger partial charge in [0.2, 0.25) is 0 Å². The molecule has 0 aliphatic carbocycles. The maximum Gasteiger partial charge on any atom is 0.272 e. The summed E-state index contributed by atoms with van der Waals surface area (Å²) in [7, 11) is 0. The van der Waals surface area contributed by atoms with E-state index in [1.165, 1.54) is 12.1 Å². The Bertz CT molecular complexity index is 1830. The Morgan fingerprint density at radius 2 is 1.68 bits per heavy atom. The number of hydrogen-bond donors (Lipinski definition) is 3. The first-order valence-electron chi connectivity index (χ1n) is 14.6. The van der Waals surface area contributed by atoms with Crippen molar-refractivity contribution in [1.82, 2.24) is 20.4 Å². The molecule has 1 aromatic heterocycles. The van der Waals surface area contributed by atoms with Crippen molar-refractivity contribution in [1.29, 1.82) is 0 Å². The average molecular weight is 587 g/mol. The maximum absolute atomic E-state index is 14.0. The van der Waals surface area contributed by atoms with Crippen LogP contribution >= 0.6 is 0 Å². The first kappa shape index (κ1) is 27.3. The molecule has 5 heterocycles. The van der Waals surface area contributed by atoms with Crippen molar-refractivity contribution in [3.05, 3.63) is 125 Å². The van der Waals surface area contributed by atoms with Crippen molar-refractivity contribution in [2.24, 2.45) is 0 Å². The summed E-state index contributed by atoms with van der Waals surface area (Å²) in [6.45, 7) is 1.27. The topological polar surface area (TPSA) is 117 Å². The molecule has 5 aromatic rings. The Kier molecular flexibility index (Phi) is 7.19. The van der Waals surface area contributed by atoms with Crippen molar-refractivity contribution in [2.75, 3.05) is 19.7 Å². The molecule has 0 saturated carbocycles. The Morgan fingerprint density at radius 1 is 0.909 bits per heavy atom. The number of rotatable bonds is 2. The number of H-pyrrole nitrogens is 1. The van der Waals surface area contributed by atoms with E-state index in [9.17, 15) is 14.7 Å². The molecule has 4 aliphatic rings. The molecule has 9 nitrogen and oxygen atoms in total. The highest BCUT2D eigenvalue weighted by molar-refractivity contribution is 5.97. The highest BCUT2D eigenvalue weighted by Gasteiger charge is 2.34.